The van der Waals surface area contributed by atoms with Crippen LogP contribution in [-0.2, 0) is 11.8 Å². The van der Waals surface area contributed by atoms with E-state index in [2.05, 4.69) is 20.4 Å². The molecular weight excluding hydrogens is 302 g/mol. The molecule has 3 aromatic heterocycles. The van der Waals surface area contributed by atoms with Gasteiger partial charge in [0.05, 0.1) is 24.4 Å². The number of esters is 1. The summed E-state index contributed by atoms with van der Waals surface area (Å²) < 4.78 is 6.53. The van der Waals surface area contributed by atoms with Crippen molar-refractivity contribution in [2.24, 2.45) is 7.05 Å². The number of hydrogen-bond acceptors (Lipinski definition) is 7. The fraction of sp³-hybridized carbons (Fsp3) is 0.286. The first-order valence-electron chi connectivity index (χ1n) is 6.61. The van der Waals surface area contributed by atoms with Gasteiger partial charge in [-0.15, -0.1) is 11.3 Å². The third-order valence-electron chi connectivity index (χ3n) is 3.24. The summed E-state index contributed by atoms with van der Waals surface area (Å²) >= 11 is 1.31. The van der Waals surface area contributed by atoms with Crippen molar-refractivity contribution in [3.05, 3.63) is 28.7 Å². The molecule has 114 valence electrons. The number of hydrogen-bond donors (Lipinski definition) is 1. The second-order valence-corrected chi connectivity index (χ2v) is 5.87. The van der Waals surface area contributed by atoms with Crippen molar-refractivity contribution in [1.82, 2.24) is 19.7 Å². The fourth-order valence-electron chi connectivity index (χ4n) is 2.25. The predicted octanol–water partition coefficient (Wildman–Crippen LogP) is 2.57. The van der Waals surface area contributed by atoms with E-state index < -0.39 is 0 Å². The summed E-state index contributed by atoms with van der Waals surface area (Å²) in [4.78, 5) is 22.1. The van der Waals surface area contributed by atoms with E-state index in [1.807, 2.05) is 27.1 Å². The Labute approximate surface area is 131 Å². The first kappa shape index (κ1) is 14.5. The van der Waals surface area contributed by atoms with Crippen molar-refractivity contribution < 1.29 is 9.53 Å². The minimum Gasteiger partial charge on any atom is -0.465 e. The molecule has 0 aliphatic heterocycles. The number of nitrogens with zero attached hydrogens (tertiary/aromatic N) is 4. The summed E-state index contributed by atoms with van der Waals surface area (Å²) in [7, 11) is 3.22. The van der Waals surface area contributed by atoms with E-state index in [0.717, 1.165) is 21.5 Å². The number of anilines is 2. The molecule has 0 fully saturated rings. The summed E-state index contributed by atoms with van der Waals surface area (Å²) in [5.74, 6) is 0.946. The van der Waals surface area contributed by atoms with Crippen molar-refractivity contribution in [2.45, 2.75) is 13.8 Å². The molecule has 0 atom stereocenters. The molecule has 0 amide bonds. The highest BCUT2D eigenvalue weighted by molar-refractivity contribution is 7.20. The van der Waals surface area contributed by atoms with Crippen LogP contribution in [0.4, 0.5) is 11.5 Å². The lowest BCUT2D eigenvalue weighted by Crippen LogP contribution is -2.00. The van der Waals surface area contributed by atoms with E-state index in [1.165, 1.54) is 18.4 Å². The van der Waals surface area contributed by atoms with Crippen LogP contribution in [0, 0.1) is 13.8 Å². The van der Waals surface area contributed by atoms with E-state index in [9.17, 15) is 4.79 Å². The minimum atomic E-state index is -0.356. The van der Waals surface area contributed by atoms with Crippen molar-refractivity contribution >= 4 is 39.0 Å². The van der Waals surface area contributed by atoms with Gasteiger partial charge in [-0.25, -0.2) is 14.8 Å². The number of ether oxygens (including phenoxy) is 1. The largest absolute Gasteiger partial charge is 0.465 e. The number of carbonyl (C=O) groups is 1. The van der Waals surface area contributed by atoms with E-state index in [0.29, 0.717) is 16.5 Å². The van der Waals surface area contributed by atoms with Crippen LogP contribution in [0.25, 0.3) is 10.2 Å². The van der Waals surface area contributed by atoms with Gasteiger partial charge in [-0.2, -0.15) is 5.10 Å². The predicted molar refractivity (Wildman–Crippen MR) is 84.7 cm³/mol. The highest BCUT2D eigenvalue weighted by Crippen LogP contribution is 2.35. The second-order valence-electron chi connectivity index (χ2n) is 4.88. The van der Waals surface area contributed by atoms with Gasteiger partial charge in [0.2, 0.25) is 0 Å². The van der Waals surface area contributed by atoms with Gasteiger partial charge in [-0.3, -0.25) is 4.68 Å². The number of nitrogens with one attached hydrogen (secondary N) is 1. The maximum atomic E-state index is 11.9. The van der Waals surface area contributed by atoms with Crippen LogP contribution in [-0.4, -0.2) is 32.8 Å². The first-order valence-corrected chi connectivity index (χ1v) is 7.43. The Morgan fingerprint density at radius 2 is 2.14 bits per heavy atom. The molecule has 22 heavy (non-hydrogen) atoms. The molecule has 0 bridgehead atoms. The summed E-state index contributed by atoms with van der Waals surface area (Å²) in [5, 5.41) is 8.20. The maximum Gasteiger partial charge on any atom is 0.348 e. The molecule has 3 heterocycles. The molecule has 0 aromatic carbocycles. The third kappa shape index (κ3) is 2.41. The molecule has 0 aliphatic rings. The molecule has 0 spiro atoms. The molecule has 3 rings (SSSR count). The van der Waals surface area contributed by atoms with Gasteiger partial charge in [0.1, 0.15) is 21.3 Å². The second kappa shape index (κ2) is 5.38. The normalized spacial score (nSPS) is 10.9. The van der Waals surface area contributed by atoms with Crippen LogP contribution < -0.4 is 5.32 Å². The summed E-state index contributed by atoms with van der Waals surface area (Å²) in [6, 6.07) is 0. The molecule has 1 N–H and O–H groups in total. The quantitative estimate of drug-likeness (QED) is 0.748. The van der Waals surface area contributed by atoms with E-state index in [-0.39, 0.29) is 5.97 Å². The number of fused-ring (bicyclic) bond motifs is 1. The van der Waals surface area contributed by atoms with Gasteiger partial charge in [0, 0.05) is 13.2 Å². The van der Waals surface area contributed by atoms with Crippen LogP contribution in [0.3, 0.4) is 0 Å². The number of thiophene rings is 1. The molecule has 0 unspecified atom stereocenters. The highest BCUT2D eigenvalue weighted by atomic mass is 32.1. The van der Waals surface area contributed by atoms with Crippen molar-refractivity contribution in [3.63, 3.8) is 0 Å². The number of methoxy groups -OCH3 is 1. The lowest BCUT2D eigenvalue weighted by Gasteiger charge is -2.06. The minimum absolute atomic E-state index is 0.356. The fourth-order valence-corrected chi connectivity index (χ4v) is 3.39. The van der Waals surface area contributed by atoms with Crippen LogP contribution >= 0.6 is 11.3 Å². The topological polar surface area (TPSA) is 81.9 Å². The summed E-state index contributed by atoms with van der Waals surface area (Å²) in [6.07, 6.45) is 3.57. The molecule has 0 radical (unpaired) electrons. The Kier molecular flexibility index (Phi) is 3.53. The zero-order valence-corrected chi connectivity index (χ0v) is 13.5. The van der Waals surface area contributed by atoms with Gasteiger partial charge < -0.3 is 10.1 Å². The SMILES string of the molecule is COC(=O)c1sc2nc(C)nc(Nc3cnn(C)c3)c2c1C. The Morgan fingerprint density at radius 1 is 1.36 bits per heavy atom. The zero-order valence-electron chi connectivity index (χ0n) is 12.7. The van der Waals surface area contributed by atoms with Gasteiger partial charge in [-0.05, 0) is 19.4 Å². The number of rotatable bonds is 3. The first-order chi connectivity index (χ1) is 10.5. The van der Waals surface area contributed by atoms with Gasteiger partial charge in [0.15, 0.2) is 0 Å². The number of carbonyl (C=O) groups excluding carboxylic acids is 1. The van der Waals surface area contributed by atoms with E-state index in [4.69, 9.17) is 4.74 Å². The highest BCUT2D eigenvalue weighted by Gasteiger charge is 2.20. The molecule has 0 saturated heterocycles. The van der Waals surface area contributed by atoms with E-state index >= 15 is 0 Å². The molecular formula is C14H15N5O2S. The Morgan fingerprint density at radius 3 is 2.77 bits per heavy atom. The van der Waals surface area contributed by atoms with Crippen LogP contribution in [0.5, 0.6) is 0 Å². The Bertz CT molecular complexity index is 868. The molecule has 0 saturated carbocycles. The monoisotopic (exact) mass is 317 g/mol. The smallest absolute Gasteiger partial charge is 0.348 e. The summed E-state index contributed by atoms with van der Waals surface area (Å²) in [6.45, 7) is 3.69. The van der Waals surface area contributed by atoms with Gasteiger partial charge >= 0.3 is 5.97 Å². The molecule has 8 heteroatoms. The van der Waals surface area contributed by atoms with Crippen molar-refractivity contribution in [1.29, 1.82) is 0 Å². The van der Waals surface area contributed by atoms with Crippen molar-refractivity contribution in [2.75, 3.05) is 12.4 Å². The van der Waals surface area contributed by atoms with E-state index in [1.54, 1.807) is 10.9 Å². The Hall–Kier alpha value is -2.48. The van der Waals surface area contributed by atoms with Gasteiger partial charge in [-0.1, -0.05) is 0 Å². The zero-order chi connectivity index (χ0) is 15.9. The lowest BCUT2D eigenvalue weighted by atomic mass is 10.2. The number of aromatic nitrogens is 4. The maximum absolute atomic E-state index is 11.9. The van der Waals surface area contributed by atoms with Gasteiger partial charge in [0.25, 0.3) is 0 Å². The van der Waals surface area contributed by atoms with Crippen LogP contribution in [0.2, 0.25) is 0 Å². The van der Waals surface area contributed by atoms with Crippen LogP contribution in [0.15, 0.2) is 12.4 Å². The molecule has 3 aromatic rings. The average Bonchev–Trinajstić information content (AvgIpc) is 3.02. The lowest BCUT2D eigenvalue weighted by molar-refractivity contribution is 0.0605. The standard InChI is InChI=1S/C14H15N5O2S/c1-7-10-12(18-9-5-15-19(3)6-9)16-8(2)17-13(10)22-11(7)14(20)21-4/h5-6H,1-4H3,(H,16,17,18). The summed E-state index contributed by atoms with van der Waals surface area (Å²) in [5.41, 5.74) is 1.64. The molecule has 0 aliphatic carbocycles. The molecule has 7 nitrogen and oxygen atoms in total. The third-order valence-corrected chi connectivity index (χ3v) is 4.41. The Balaban J connectivity index is 2.16. The average molecular weight is 317 g/mol. The van der Waals surface area contributed by atoms with Crippen molar-refractivity contribution in [3.8, 4) is 0 Å². The number of aryl methyl sites for hydroxylation is 3. The van der Waals surface area contributed by atoms with Crippen LogP contribution in [0.1, 0.15) is 21.1 Å².